The lowest BCUT2D eigenvalue weighted by Crippen LogP contribution is -2.04. The van der Waals surface area contributed by atoms with Crippen molar-refractivity contribution >= 4 is 5.97 Å². The minimum Gasteiger partial charge on any atom is -0.344 e. The zero-order valence-corrected chi connectivity index (χ0v) is 12.2. The van der Waals surface area contributed by atoms with Crippen molar-refractivity contribution in [2.45, 2.75) is 78.1 Å². The van der Waals surface area contributed by atoms with Gasteiger partial charge in [-0.05, 0) is 13.3 Å². The summed E-state index contributed by atoms with van der Waals surface area (Å²) >= 11 is 0. The molecule has 0 unspecified atom stereocenters. The SMILES string of the molecule is CCCCCCCCCCCC(=O)OOCC.N. The van der Waals surface area contributed by atoms with E-state index in [1.807, 2.05) is 0 Å². The van der Waals surface area contributed by atoms with E-state index >= 15 is 0 Å². The molecule has 0 saturated carbocycles. The Labute approximate surface area is 112 Å². The van der Waals surface area contributed by atoms with Gasteiger partial charge in [0.2, 0.25) is 0 Å². The molecule has 3 N–H and O–H groups in total. The van der Waals surface area contributed by atoms with Gasteiger partial charge in [0.25, 0.3) is 0 Å². The van der Waals surface area contributed by atoms with E-state index in [-0.39, 0.29) is 12.1 Å². The van der Waals surface area contributed by atoms with Gasteiger partial charge in [-0.3, -0.25) is 4.89 Å². The van der Waals surface area contributed by atoms with E-state index < -0.39 is 0 Å². The summed E-state index contributed by atoms with van der Waals surface area (Å²) in [5, 5.41) is 0. The van der Waals surface area contributed by atoms with E-state index in [0.717, 1.165) is 12.8 Å². The highest BCUT2D eigenvalue weighted by Gasteiger charge is 2.02. The highest BCUT2D eigenvalue weighted by atomic mass is 17.2. The van der Waals surface area contributed by atoms with Crippen LogP contribution in [0.4, 0.5) is 0 Å². The maximum atomic E-state index is 11.1. The molecule has 0 rings (SSSR count). The van der Waals surface area contributed by atoms with Crippen LogP contribution in [0.3, 0.4) is 0 Å². The lowest BCUT2D eigenvalue weighted by molar-refractivity contribution is -0.269. The van der Waals surface area contributed by atoms with Crippen LogP contribution in [0.5, 0.6) is 0 Å². The van der Waals surface area contributed by atoms with Gasteiger partial charge >= 0.3 is 5.97 Å². The van der Waals surface area contributed by atoms with Crippen LogP contribution in [-0.2, 0) is 14.6 Å². The van der Waals surface area contributed by atoms with E-state index in [9.17, 15) is 4.79 Å². The molecular formula is C14H31NO3. The number of carbonyl (C=O) groups excluding carboxylic acids is 1. The molecule has 0 bridgehead atoms. The molecule has 0 aliphatic heterocycles. The van der Waals surface area contributed by atoms with E-state index in [2.05, 4.69) is 16.7 Å². The van der Waals surface area contributed by atoms with E-state index in [0.29, 0.717) is 13.0 Å². The van der Waals surface area contributed by atoms with Crippen LogP contribution in [0.15, 0.2) is 0 Å². The molecule has 0 aliphatic rings. The van der Waals surface area contributed by atoms with Crippen LogP contribution in [0.1, 0.15) is 78.1 Å². The van der Waals surface area contributed by atoms with Gasteiger partial charge in [-0.2, -0.15) is 4.89 Å². The molecule has 0 aliphatic carbocycles. The van der Waals surface area contributed by atoms with Gasteiger partial charge in [-0.1, -0.05) is 58.3 Å². The van der Waals surface area contributed by atoms with Crippen LogP contribution in [-0.4, -0.2) is 12.6 Å². The average Bonchev–Trinajstić information content (AvgIpc) is 2.34. The molecule has 0 saturated heterocycles. The normalized spacial score (nSPS) is 9.89. The van der Waals surface area contributed by atoms with Crippen molar-refractivity contribution < 1.29 is 14.6 Å². The predicted molar refractivity (Wildman–Crippen MR) is 74.6 cm³/mol. The Kier molecular flexibility index (Phi) is 18.0. The predicted octanol–water partition coefficient (Wildman–Crippen LogP) is 4.56. The van der Waals surface area contributed by atoms with Gasteiger partial charge in [0.1, 0.15) is 0 Å². The third-order valence-electron chi connectivity index (χ3n) is 2.75. The van der Waals surface area contributed by atoms with Gasteiger partial charge in [0.05, 0.1) is 6.61 Å². The van der Waals surface area contributed by atoms with Crippen LogP contribution >= 0.6 is 0 Å². The van der Waals surface area contributed by atoms with E-state index in [1.54, 1.807) is 6.92 Å². The number of rotatable bonds is 12. The summed E-state index contributed by atoms with van der Waals surface area (Å²) in [5.74, 6) is -0.241. The largest absolute Gasteiger partial charge is 0.344 e. The standard InChI is InChI=1S/C14H28O3.H3N/c1-3-5-6-7-8-9-10-11-12-13-14(15)17-16-4-2;/h3-13H2,1-2H3;1H3. The van der Waals surface area contributed by atoms with Gasteiger partial charge in [-0.15, -0.1) is 0 Å². The molecule has 18 heavy (non-hydrogen) atoms. The number of hydrogen-bond donors (Lipinski definition) is 1. The molecule has 0 radical (unpaired) electrons. The molecule has 110 valence electrons. The quantitative estimate of drug-likeness (QED) is 0.317. The van der Waals surface area contributed by atoms with Gasteiger partial charge in [-0.25, -0.2) is 4.79 Å². The van der Waals surface area contributed by atoms with Gasteiger partial charge in [0, 0.05) is 6.42 Å². The van der Waals surface area contributed by atoms with Crippen molar-refractivity contribution in [1.29, 1.82) is 0 Å². The Balaban J connectivity index is 0. The Bertz CT molecular complexity index is 174. The smallest absolute Gasteiger partial charge is 0.342 e. The average molecular weight is 261 g/mol. The van der Waals surface area contributed by atoms with Crippen LogP contribution in [0, 0.1) is 0 Å². The molecule has 0 aromatic carbocycles. The first-order chi connectivity index (χ1) is 8.31. The Morgan fingerprint density at radius 3 is 1.83 bits per heavy atom. The summed E-state index contributed by atoms with van der Waals surface area (Å²) < 4.78 is 0. The third kappa shape index (κ3) is 15.4. The van der Waals surface area contributed by atoms with Crippen molar-refractivity contribution in [3.63, 3.8) is 0 Å². The fraction of sp³-hybridized carbons (Fsp3) is 0.929. The zero-order chi connectivity index (χ0) is 12.8. The monoisotopic (exact) mass is 261 g/mol. The molecule has 4 heteroatoms. The highest BCUT2D eigenvalue weighted by Crippen LogP contribution is 2.10. The van der Waals surface area contributed by atoms with Crippen LogP contribution < -0.4 is 6.15 Å². The lowest BCUT2D eigenvalue weighted by atomic mass is 10.1. The fourth-order valence-corrected chi connectivity index (χ4v) is 1.75. The molecule has 0 aromatic rings. The summed E-state index contributed by atoms with van der Waals surface area (Å²) in [4.78, 5) is 20.2. The van der Waals surface area contributed by atoms with Gasteiger partial charge in [0.15, 0.2) is 0 Å². The number of hydrogen-bond acceptors (Lipinski definition) is 4. The van der Waals surface area contributed by atoms with Crippen LogP contribution in [0.25, 0.3) is 0 Å². The molecular weight excluding hydrogens is 230 g/mol. The van der Waals surface area contributed by atoms with Gasteiger partial charge < -0.3 is 6.15 Å². The lowest BCUT2D eigenvalue weighted by Gasteiger charge is -2.02. The summed E-state index contributed by atoms with van der Waals surface area (Å²) in [7, 11) is 0. The fourth-order valence-electron chi connectivity index (χ4n) is 1.75. The minimum absolute atomic E-state index is 0. The maximum absolute atomic E-state index is 11.1. The van der Waals surface area contributed by atoms with Crippen molar-refractivity contribution in [1.82, 2.24) is 6.15 Å². The number of carbonyl (C=O) groups is 1. The highest BCUT2D eigenvalue weighted by molar-refractivity contribution is 5.68. The van der Waals surface area contributed by atoms with Crippen molar-refractivity contribution in [3.8, 4) is 0 Å². The summed E-state index contributed by atoms with van der Waals surface area (Å²) in [6.45, 7) is 4.46. The first-order valence-electron chi connectivity index (χ1n) is 7.13. The summed E-state index contributed by atoms with van der Waals surface area (Å²) in [6, 6.07) is 0. The molecule has 0 heterocycles. The van der Waals surface area contributed by atoms with Crippen molar-refractivity contribution in [2.75, 3.05) is 6.61 Å². The summed E-state index contributed by atoms with van der Waals surface area (Å²) in [5.41, 5.74) is 0. The van der Waals surface area contributed by atoms with Crippen molar-refractivity contribution in [3.05, 3.63) is 0 Å². The van der Waals surface area contributed by atoms with Crippen molar-refractivity contribution in [2.24, 2.45) is 0 Å². The van der Waals surface area contributed by atoms with E-state index in [1.165, 1.54) is 44.9 Å². The third-order valence-corrected chi connectivity index (χ3v) is 2.75. The molecule has 4 nitrogen and oxygen atoms in total. The summed E-state index contributed by atoms with van der Waals surface area (Å²) in [6.07, 6.45) is 11.8. The topological polar surface area (TPSA) is 70.5 Å². The second kappa shape index (κ2) is 16.4. The second-order valence-corrected chi connectivity index (χ2v) is 4.44. The Morgan fingerprint density at radius 1 is 0.833 bits per heavy atom. The number of unbranched alkanes of at least 4 members (excludes halogenated alkanes) is 8. The second-order valence-electron chi connectivity index (χ2n) is 4.44. The zero-order valence-electron chi connectivity index (χ0n) is 12.2. The molecule has 0 aromatic heterocycles. The molecule has 0 amide bonds. The Morgan fingerprint density at radius 2 is 1.33 bits per heavy atom. The minimum atomic E-state index is -0.241. The van der Waals surface area contributed by atoms with Crippen LogP contribution in [0.2, 0.25) is 0 Å². The molecule has 0 atom stereocenters. The Hall–Kier alpha value is -0.610. The molecule has 0 spiro atoms. The first kappa shape index (κ1) is 19.7. The maximum Gasteiger partial charge on any atom is 0.342 e. The first-order valence-corrected chi connectivity index (χ1v) is 7.13. The molecule has 0 fully saturated rings. The van der Waals surface area contributed by atoms with E-state index in [4.69, 9.17) is 0 Å².